The topological polar surface area (TPSA) is 93.5 Å². The van der Waals surface area contributed by atoms with Crippen LogP contribution in [-0.2, 0) is 10.0 Å². The van der Waals surface area contributed by atoms with Gasteiger partial charge in [-0.3, -0.25) is 0 Å². The molecule has 0 unspecified atom stereocenters. The van der Waals surface area contributed by atoms with Crippen LogP contribution < -0.4 is 9.38 Å². The second-order valence-electron chi connectivity index (χ2n) is 7.18. The zero-order valence-corrected chi connectivity index (χ0v) is 15.8. The van der Waals surface area contributed by atoms with E-state index in [1.54, 1.807) is 42.7 Å². The lowest BCUT2D eigenvalue weighted by Crippen LogP contribution is -2.43. The number of nitrogens with one attached hydrogen (secondary N) is 1. The van der Waals surface area contributed by atoms with Crippen LogP contribution in [0.4, 0.5) is 0 Å². The van der Waals surface area contributed by atoms with Crippen LogP contribution in [-0.4, -0.2) is 36.9 Å². The first-order valence-corrected chi connectivity index (χ1v) is 10.6. The third-order valence-corrected chi connectivity index (χ3v) is 6.94. The summed E-state index contributed by atoms with van der Waals surface area (Å²) >= 11 is 0. The minimum atomic E-state index is -3.53. The summed E-state index contributed by atoms with van der Waals surface area (Å²) in [6.07, 6.45) is 6.61. The molecule has 1 aliphatic heterocycles. The van der Waals surface area contributed by atoms with E-state index in [0.29, 0.717) is 31.7 Å². The molecule has 142 valence electrons. The van der Waals surface area contributed by atoms with Gasteiger partial charge in [-0.15, -0.1) is 0 Å². The molecule has 2 aliphatic rings. The van der Waals surface area contributed by atoms with Crippen molar-refractivity contribution in [3.63, 3.8) is 0 Å². The predicted molar refractivity (Wildman–Crippen MR) is 106 cm³/mol. The summed E-state index contributed by atoms with van der Waals surface area (Å²) in [5.74, 6) is 2.77. The standard InChI is InChI=1S/C19H18BN3O4S/c24-23-11-16(18-15-6-7-20-27-17(15)10-21-19(18)23)12-8-13(9-12)22-28(25,26)14-4-2-1-3-5-14/h1-7,10-13,20,22,24H,8-9H2/t12-,13+. The number of sulfonamides is 1. The molecule has 7 nitrogen and oxygen atoms in total. The fourth-order valence-electron chi connectivity index (χ4n) is 3.96. The molecule has 2 N–H and O–H groups in total. The molecule has 0 saturated heterocycles. The van der Waals surface area contributed by atoms with Crippen LogP contribution in [0.5, 0.6) is 5.75 Å². The van der Waals surface area contributed by atoms with E-state index in [4.69, 9.17) is 4.65 Å². The maximum atomic E-state index is 12.5. The summed E-state index contributed by atoms with van der Waals surface area (Å²) in [7, 11) is -3.02. The average molecular weight is 395 g/mol. The van der Waals surface area contributed by atoms with Crippen LogP contribution in [0.15, 0.2) is 53.6 Å². The van der Waals surface area contributed by atoms with Gasteiger partial charge < -0.3 is 9.86 Å². The maximum Gasteiger partial charge on any atom is 0.366 e. The Kier molecular flexibility index (Phi) is 3.95. The molecule has 0 bridgehead atoms. The van der Waals surface area contributed by atoms with Gasteiger partial charge in [-0.1, -0.05) is 30.3 Å². The van der Waals surface area contributed by atoms with Crippen molar-refractivity contribution >= 4 is 34.6 Å². The van der Waals surface area contributed by atoms with Crippen molar-refractivity contribution in [2.24, 2.45) is 0 Å². The highest BCUT2D eigenvalue weighted by Crippen LogP contribution is 2.43. The maximum absolute atomic E-state index is 12.5. The van der Waals surface area contributed by atoms with E-state index in [0.717, 1.165) is 21.2 Å². The number of aromatic nitrogens is 2. The van der Waals surface area contributed by atoms with Gasteiger partial charge in [0, 0.05) is 23.2 Å². The molecular formula is C19H18BN3O4S. The Bertz CT molecular complexity index is 1180. The first kappa shape index (κ1) is 17.3. The van der Waals surface area contributed by atoms with Gasteiger partial charge in [-0.05, 0) is 36.5 Å². The molecule has 0 radical (unpaired) electrons. The molecule has 28 heavy (non-hydrogen) atoms. The Morgan fingerprint density at radius 1 is 1.25 bits per heavy atom. The number of hydrogen-bond donors (Lipinski definition) is 2. The Morgan fingerprint density at radius 3 is 2.82 bits per heavy atom. The van der Waals surface area contributed by atoms with Crippen LogP contribution in [0.25, 0.3) is 17.1 Å². The highest BCUT2D eigenvalue weighted by atomic mass is 32.2. The molecular weight excluding hydrogens is 377 g/mol. The normalized spacial score (nSPS) is 20.9. The summed E-state index contributed by atoms with van der Waals surface area (Å²) < 4.78 is 34.4. The smallest absolute Gasteiger partial charge is 0.366 e. The lowest BCUT2D eigenvalue weighted by molar-refractivity contribution is 0.196. The number of benzene rings is 1. The van der Waals surface area contributed by atoms with Crippen LogP contribution in [0.3, 0.4) is 0 Å². The Hall–Kier alpha value is -2.78. The first-order chi connectivity index (χ1) is 13.5. The molecule has 0 atom stereocenters. The summed E-state index contributed by atoms with van der Waals surface area (Å²) in [5, 5.41) is 11.1. The zero-order chi connectivity index (χ0) is 19.3. The molecule has 1 fully saturated rings. The van der Waals surface area contributed by atoms with Crippen molar-refractivity contribution in [1.29, 1.82) is 0 Å². The minimum Gasteiger partial charge on any atom is -0.558 e. The minimum absolute atomic E-state index is 0.133. The van der Waals surface area contributed by atoms with Gasteiger partial charge in [0.2, 0.25) is 10.0 Å². The van der Waals surface area contributed by atoms with Gasteiger partial charge in [-0.25, -0.2) is 18.1 Å². The van der Waals surface area contributed by atoms with Crippen molar-refractivity contribution < 1.29 is 18.3 Å². The fourth-order valence-corrected chi connectivity index (χ4v) is 5.25. The average Bonchev–Trinajstić information content (AvgIpc) is 3.02. The molecule has 2 aromatic heterocycles. The van der Waals surface area contributed by atoms with Gasteiger partial charge in [0.05, 0.1) is 11.1 Å². The Balaban J connectivity index is 1.40. The summed E-state index contributed by atoms with van der Waals surface area (Å²) in [5.41, 5.74) is 2.36. The van der Waals surface area contributed by atoms with E-state index in [1.165, 1.54) is 0 Å². The SMILES string of the molecule is O=S(=O)(N[C@H]1C[C@@H](c2cn(O)c3ncc4c(c32)C=CBO4)C1)c1ccccc1. The Morgan fingerprint density at radius 2 is 2.04 bits per heavy atom. The van der Waals surface area contributed by atoms with Crippen molar-refractivity contribution in [3.05, 3.63) is 59.8 Å². The third-order valence-electron chi connectivity index (χ3n) is 5.40. The highest BCUT2D eigenvalue weighted by Gasteiger charge is 2.36. The zero-order valence-electron chi connectivity index (χ0n) is 14.9. The van der Waals surface area contributed by atoms with Gasteiger partial charge >= 0.3 is 7.48 Å². The van der Waals surface area contributed by atoms with Gasteiger partial charge in [0.1, 0.15) is 5.75 Å². The number of pyridine rings is 1. The van der Waals surface area contributed by atoms with Crippen LogP contribution in [0, 0.1) is 0 Å². The van der Waals surface area contributed by atoms with E-state index in [-0.39, 0.29) is 16.9 Å². The molecule has 1 saturated carbocycles. The van der Waals surface area contributed by atoms with Crippen molar-refractivity contribution in [2.45, 2.75) is 29.7 Å². The van der Waals surface area contributed by atoms with Crippen LogP contribution >= 0.6 is 0 Å². The molecule has 3 heterocycles. The van der Waals surface area contributed by atoms with Crippen LogP contribution in [0.2, 0.25) is 0 Å². The molecule has 1 aromatic carbocycles. The third kappa shape index (κ3) is 2.78. The van der Waals surface area contributed by atoms with E-state index < -0.39 is 10.0 Å². The first-order valence-electron chi connectivity index (χ1n) is 9.13. The molecule has 0 spiro atoms. The van der Waals surface area contributed by atoms with E-state index in [9.17, 15) is 13.6 Å². The quantitative estimate of drug-likeness (QED) is 0.522. The van der Waals surface area contributed by atoms with Crippen molar-refractivity contribution in [1.82, 2.24) is 14.4 Å². The predicted octanol–water partition coefficient (Wildman–Crippen LogP) is 2.21. The lowest BCUT2D eigenvalue weighted by atomic mass is 9.76. The van der Waals surface area contributed by atoms with Crippen LogP contribution in [0.1, 0.15) is 29.9 Å². The number of hydrogen-bond acceptors (Lipinski definition) is 5. The highest BCUT2D eigenvalue weighted by molar-refractivity contribution is 7.89. The number of rotatable bonds is 4. The molecule has 1 aliphatic carbocycles. The Labute approximate surface area is 162 Å². The van der Waals surface area contributed by atoms with E-state index >= 15 is 0 Å². The largest absolute Gasteiger partial charge is 0.558 e. The fraction of sp³-hybridized carbons (Fsp3) is 0.211. The number of fused-ring (bicyclic) bond motifs is 3. The summed E-state index contributed by atoms with van der Waals surface area (Å²) in [6.45, 7) is 0. The van der Waals surface area contributed by atoms with E-state index in [1.807, 2.05) is 12.1 Å². The van der Waals surface area contributed by atoms with Crippen molar-refractivity contribution in [3.8, 4) is 5.75 Å². The van der Waals surface area contributed by atoms with Gasteiger partial charge in [0.15, 0.2) is 5.65 Å². The molecule has 9 heteroatoms. The molecule has 5 rings (SSSR count). The number of nitrogens with zero attached hydrogens (tertiary/aromatic N) is 2. The second-order valence-corrected chi connectivity index (χ2v) is 8.89. The van der Waals surface area contributed by atoms with Gasteiger partial charge in [-0.2, -0.15) is 4.73 Å². The lowest BCUT2D eigenvalue weighted by Gasteiger charge is -2.35. The van der Waals surface area contributed by atoms with E-state index in [2.05, 4.69) is 9.71 Å². The molecule has 0 amide bonds. The monoisotopic (exact) mass is 395 g/mol. The molecule has 3 aromatic rings. The van der Waals surface area contributed by atoms with Gasteiger partial charge in [0.25, 0.3) is 0 Å². The van der Waals surface area contributed by atoms with Crippen molar-refractivity contribution in [2.75, 3.05) is 0 Å². The second kappa shape index (κ2) is 6.39. The summed E-state index contributed by atoms with van der Waals surface area (Å²) in [6, 6.07) is 8.24. The summed E-state index contributed by atoms with van der Waals surface area (Å²) in [4.78, 5) is 4.59.